The van der Waals surface area contributed by atoms with Crippen molar-refractivity contribution in [3.8, 4) is 0 Å². The van der Waals surface area contributed by atoms with Crippen LogP contribution < -0.4 is 5.32 Å². The minimum absolute atomic E-state index is 0.805. The third-order valence-electron chi connectivity index (χ3n) is 3.91. The maximum Gasteiger partial charge on any atom is -0.00148 e. The van der Waals surface area contributed by atoms with E-state index in [2.05, 4.69) is 44.3 Å². The molecule has 1 aliphatic carbocycles. The average molecular weight is 217 g/mol. The zero-order valence-corrected chi connectivity index (χ0v) is 10.7. The summed E-state index contributed by atoms with van der Waals surface area (Å²) in [6, 6.07) is 6.88. The molecular weight excluding hydrogens is 194 g/mol. The van der Waals surface area contributed by atoms with Crippen molar-refractivity contribution in [3.63, 3.8) is 0 Å². The summed E-state index contributed by atoms with van der Waals surface area (Å²) in [6.45, 7) is 8.91. The molecule has 2 atom stereocenters. The van der Waals surface area contributed by atoms with Crippen LogP contribution in [0.3, 0.4) is 0 Å². The van der Waals surface area contributed by atoms with Crippen LogP contribution in [0.4, 0.5) is 0 Å². The van der Waals surface area contributed by atoms with Gasteiger partial charge in [0.15, 0.2) is 0 Å². The van der Waals surface area contributed by atoms with E-state index in [1.165, 1.54) is 30.5 Å². The Morgan fingerprint density at radius 3 is 2.69 bits per heavy atom. The molecule has 1 saturated carbocycles. The van der Waals surface area contributed by atoms with E-state index in [-0.39, 0.29) is 0 Å². The first-order chi connectivity index (χ1) is 7.72. The standard InChI is InChI=1S/C15H23N/c1-4-16-10-13-7-8-14(13)15-9-11(2)5-6-12(15)3/h5-6,9,13-14,16H,4,7-8,10H2,1-3H3. The Kier molecular flexibility index (Phi) is 3.65. The molecule has 1 N–H and O–H groups in total. The van der Waals surface area contributed by atoms with E-state index in [1.807, 2.05) is 0 Å². The number of hydrogen-bond donors (Lipinski definition) is 1. The Bertz CT molecular complexity index is 356. The molecule has 88 valence electrons. The number of benzene rings is 1. The summed E-state index contributed by atoms with van der Waals surface area (Å²) in [5.41, 5.74) is 4.46. The Morgan fingerprint density at radius 2 is 2.06 bits per heavy atom. The largest absolute Gasteiger partial charge is 0.317 e. The van der Waals surface area contributed by atoms with Gasteiger partial charge in [-0.15, -0.1) is 0 Å². The van der Waals surface area contributed by atoms with E-state index in [1.54, 1.807) is 5.56 Å². The highest BCUT2D eigenvalue weighted by Gasteiger charge is 2.32. The average Bonchev–Trinajstić information content (AvgIpc) is 2.22. The van der Waals surface area contributed by atoms with Crippen LogP contribution in [0.25, 0.3) is 0 Å². The molecule has 0 aliphatic heterocycles. The Balaban J connectivity index is 2.09. The summed E-state index contributed by atoms with van der Waals surface area (Å²) in [5.74, 6) is 1.67. The van der Waals surface area contributed by atoms with Gasteiger partial charge in [-0.2, -0.15) is 0 Å². The van der Waals surface area contributed by atoms with Crippen LogP contribution in [0.1, 0.15) is 42.4 Å². The predicted octanol–water partition coefficient (Wildman–Crippen LogP) is 3.41. The molecule has 0 heterocycles. The number of rotatable bonds is 4. The molecular formula is C15H23N. The van der Waals surface area contributed by atoms with E-state index in [0.29, 0.717) is 0 Å². The van der Waals surface area contributed by atoms with Crippen LogP contribution in [0.15, 0.2) is 18.2 Å². The van der Waals surface area contributed by atoms with Crippen LogP contribution >= 0.6 is 0 Å². The van der Waals surface area contributed by atoms with Crippen molar-refractivity contribution in [3.05, 3.63) is 34.9 Å². The van der Waals surface area contributed by atoms with Crippen molar-refractivity contribution in [1.82, 2.24) is 5.32 Å². The lowest BCUT2D eigenvalue weighted by Crippen LogP contribution is -2.34. The molecule has 1 fully saturated rings. The van der Waals surface area contributed by atoms with Gasteiger partial charge < -0.3 is 5.32 Å². The van der Waals surface area contributed by atoms with Crippen LogP contribution in [0.5, 0.6) is 0 Å². The summed E-state index contributed by atoms with van der Waals surface area (Å²) in [6.07, 6.45) is 2.77. The molecule has 0 amide bonds. The first-order valence-corrected chi connectivity index (χ1v) is 6.50. The van der Waals surface area contributed by atoms with Gasteiger partial charge in [0.2, 0.25) is 0 Å². The lowest BCUT2D eigenvalue weighted by atomic mass is 9.69. The quantitative estimate of drug-likeness (QED) is 0.815. The van der Waals surface area contributed by atoms with Crippen molar-refractivity contribution in [2.45, 2.75) is 39.5 Å². The minimum atomic E-state index is 0.805. The van der Waals surface area contributed by atoms with Crippen molar-refractivity contribution in [1.29, 1.82) is 0 Å². The maximum atomic E-state index is 3.48. The smallest absolute Gasteiger partial charge is 0.00148 e. The molecule has 0 saturated heterocycles. The molecule has 1 aromatic rings. The molecule has 1 aliphatic rings. The van der Waals surface area contributed by atoms with Crippen molar-refractivity contribution in [2.75, 3.05) is 13.1 Å². The monoisotopic (exact) mass is 217 g/mol. The van der Waals surface area contributed by atoms with Crippen LogP contribution in [0.2, 0.25) is 0 Å². The third kappa shape index (κ3) is 2.30. The molecule has 1 heteroatoms. The first-order valence-electron chi connectivity index (χ1n) is 6.50. The number of hydrogen-bond acceptors (Lipinski definition) is 1. The van der Waals surface area contributed by atoms with Crippen molar-refractivity contribution < 1.29 is 0 Å². The minimum Gasteiger partial charge on any atom is -0.317 e. The van der Waals surface area contributed by atoms with Crippen molar-refractivity contribution in [2.24, 2.45) is 5.92 Å². The van der Waals surface area contributed by atoms with Gasteiger partial charge in [0, 0.05) is 0 Å². The highest BCUT2D eigenvalue weighted by atomic mass is 14.9. The van der Waals surface area contributed by atoms with Gasteiger partial charge in [-0.05, 0) is 62.7 Å². The number of nitrogens with one attached hydrogen (secondary N) is 1. The molecule has 0 bridgehead atoms. The molecule has 16 heavy (non-hydrogen) atoms. The highest BCUT2D eigenvalue weighted by Crippen LogP contribution is 2.43. The SMILES string of the molecule is CCNCC1CCC1c1cc(C)ccc1C. The van der Waals surface area contributed by atoms with Crippen molar-refractivity contribution >= 4 is 0 Å². The van der Waals surface area contributed by atoms with E-state index < -0.39 is 0 Å². The lowest BCUT2D eigenvalue weighted by molar-refractivity contribution is 0.246. The van der Waals surface area contributed by atoms with Gasteiger partial charge >= 0.3 is 0 Å². The van der Waals surface area contributed by atoms with E-state index >= 15 is 0 Å². The first kappa shape index (κ1) is 11.7. The molecule has 0 aromatic heterocycles. The van der Waals surface area contributed by atoms with E-state index in [9.17, 15) is 0 Å². The maximum absolute atomic E-state index is 3.48. The molecule has 0 spiro atoms. The summed E-state index contributed by atoms with van der Waals surface area (Å²) < 4.78 is 0. The zero-order valence-electron chi connectivity index (χ0n) is 10.7. The molecule has 1 nitrogen and oxygen atoms in total. The Morgan fingerprint density at radius 1 is 1.25 bits per heavy atom. The van der Waals surface area contributed by atoms with Gasteiger partial charge in [0.05, 0.1) is 0 Å². The van der Waals surface area contributed by atoms with Gasteiger partial charge in [-0.3, -0.25) is 0 Å². The molecule has 2 rings (SSSR count). The van der Waals surface area contributed by atoms with Crippen LogP contribution in [-0.4, -0.2) is 13.1 Å². The second-order valence-corrected chi connectivity index (χ2v) is 5.11. The second kappa shape index (κ2) is 5.01. The topological polar surface area (TPSA) is 12.0 Å². The predicted molar refractivity (Wildman–Crippen MR) is 69.9 cm³/mol. The zero-order chi connectivity index (χ0) is 11.5. The summed E-state index contributed by atoms with van der Waals surface area (Å²) in [5, 5.41) is 3.48. The highest BCUT2D eigenvalue weighted by molar-refractivity contribution is 5.35. The van der Waals surface area contributed by atoms with Gasteiger partial charge in [0.25, 0.3) is 0 Å². The summed E-state index contributed by atoms with van der Waals surface area (Å²) >= 11 is 0. The van der Waals surface area contributed by atoms with Crippen LogP contribution in [-0.2, 0) is 0 Å². The fraction of sp³-hybridized carbons (Fsp3) is 0.600. The van der Waals surface area contributed by atoms with Gasteiger partial charge in [-0.1, -0.05) is 30.7 Å². The molecule has 0 radical (unpaired) electrons. The van der Waals surface area contributed by atoms with E-state index in [0.717, 1.165) is 18.4 Å². The summed E-state index contributed by atoms with van der Waals surface area (Å²) in [7, 11) is 0. The van der Waals surface area contributed by atoms with Gasteiger partial charge in [-0.25, -0.2) is 0 Å². The Labute approximate surface area is 99.3 Å². The fourth-order valence-corrected chi connectivity index (χ4v) is 2.71. The summed E-state index contributed by atoms with van der Waals surface area (Å²) in [4.78, 5) is 0. The Hall–Kier alpha value is -0.820. The lowest BCUT2D eigenvalue weighted by Gasteiger charge is -2.38. The second-order valence-electron chi connectivity index (χ2n) is 5.11. The fourth-order valence-electron chi connectivity index (χ4n) is 2.71. The van der Waals surface area contributed by atoms with E-state index in [4.69, 9.17) is 0 Å². The molecule has 2 unspecified atom stereocenters. The molecule has 1 aromatic carbocycles. The normalized spacial score (nSPS) is 24.2. The van der Waals surface area contributed by atoms with Gasteiger partial charge in [0.1, 0.15) is 0 Å². The third-order valence-corrected chi connectivity index (χ3v) is 3.91. The van der Waals surface area contributed by atoms with Crippen LogP contribution in [0, 0.1) is 19.8 Å². The number of aryl methyl sites for hydroxylation is 2.